The minimum absolute atomic E-state index is 0.0170. The molecule has 45 heavy (non-hydrogen) atoms. The number of methoxy groups -OCH3 is 2. The van der Waals surface area contributed by atoms with E-state index in [-0.39, 0.29) is 27.9 Å². The van der Waals surface area contributed by atoms with E-state index in [0.717, 1.165) is 17.3 Å². The first-order valence-electron chi connectivity index (χ1n) is 13.4. The lowest BCUT2D eigenvalue weighted by molar-refractivity contribution is -0.113. The molecule has 11 nitrogen and oxygen atoms in total. The Balaban J connectivity index is 1.38. The number of hydrogen-bond acceptors (Lipinski definition) is 10. The van der Waals surface area contributed by atoms with Crippen molar-refractivity contribution in [2.45, 2.75) is 16.8 Å². The van der Waals surface area contributed by atoms with Crippen molar-refractivity contribution in [2.75, 3.05) is 30.0 Å². The number of thioether (sulfide) groups is 1. The zero-order valence-corrected chi connectivity index (χ0v) is 26.0. The van der Waals surface area contributed by atoms with Gasteiger partial charge in [0.05, 0.1) is 36.1 Å². The third-order valence-electron chi connectivity index (χ3n) is 6.52. The maximum atomic E-state index is 13.0. The van der Waals surface area contributed by atoms with Crippen molar-refractivity contribution < 1.29 is 27.2 Å². The van der Waals surface area contributed by atoms with Gasteiger partial charge in [-0.15, -0.1) is 0 Å². The topological polar surface area (TPSA) is 156 Å². The number of anilines is 2. The number of carbonyl (C=O) groups excluding carboxylic acids is 1. The number of nitriles is 1. The van der Waals surface area contributed by atoms with E-state index in [1.54, 1.807) is 13.0 Å². The first-order chi connectivity index (χ1) is 21.7. The Morgan fingerprint density at radius 2 is 1.73 bits per heavy atom. The SMILES string of the molecule is COc1cccc(-c2cc(-c3ccccc3)nc(SCC(=O)Nc3ccc(S(=O)(=O)Nc4cc(C)on4)cc3)c2C#N)c1OC. The Morgan fingerprint density at radius 1 is 0.978 bits per heavy atom. The van der Waals surface area contributed by atoms with Gasteiger partial charge in [-0.3, -0.25) is 9.52 Å². The van der Waals surface area contributed by atoms with Gasteiger partial charge >= 0.3 is 0 Å². The number of nitrogens with one attached hydrogen (secondary N) is 2. The summed E-state index contributed by atoms with van der Waals surface area (Å²) >= 11 is 1.11. The summed E-state index contributed by atoms with van der Waals surface area (Å²) in [7, 11) is -0.838. The van der Waals surface area contributed by atoms with E-state index >= 15 is 0 Å². The summed E-state index contributed by atoms with van der Waals surface area (Å²) < 4.78 is 43.7. The fraction of sp³-hybridized carbons (Fsp3) is 0.125. The molecule has 0 aliphatic carbocycles. The van der Waals surface area contributed by atoms with Gasteiger partial charge in [0.15, 0.2) is 17.3 Å². The molecule has 2 heterocycles. The minimum atomic E-state index is -3.91. The van der Waals surface area contributed by atoms with Crippen molar-refractivity contribution in [3.8, 4) is 40.0 Å². The molecule has 2 N–H and O–H groups in total. The highest BCUT2D eigenvalue weighted by molar-refractivity contribution is 8.00. The van der Waals surface area contributed by atoms with Crippen LogP contribution in [0.4, 0.5) is 11.5 Å². The summed E-state index contributed by atoms with van der Waals surface area (Å²) in [4.78, 5) is 17.7. The lowest BCUT2D eigenvalue weighted by atomic mass is 9.98. The number of nitrogens with zero attached hydrogens (tertiary/aromatic N) is 3. The van der Waals surface area contributed by atoms with E-state index in [2.05, 4.69) is 21.3 Å². The number of aromatic nitrogens is 2. The number of benzene rings is 3. The minimum Gasteiger partial charge on any atom is -0.493 e. The molecule has 0 fully saturated rings. The van der Waals surface area contributed by atoms with Crippen LogP contribution < -0.4 is 19.5 Å². The number of carbonyl (C=O) groups is 1. The molecule has 3 aromatic carbocycles. The molecular weight excluding hydrogens is 615 g/mol. The highest BCUT2D eigenvalue weighted by Gasteiger charge is 2.21. The van der Waals surface area contributed by atoms with Gasteiger partial charge in [0, 0.05) is 28.4 Å². The normalized spacial score (nSPS) is 11.0. The lowest BCUT2D eigenvalue weighted by Crippen LogP contribution is -2.15. The predicted octanol–water partition coefficient (Wildman–Crippen LogP) is 6.13. The summed E-state index contributed by atoms with van der Waals surface area (Å²) in [5.41, 5.74) is 3.34. The molecule has 13 heteroatoms. The Hall–Kier alpha value is -5.32. The van der Waals surface area contributed by atoms with Crippen LogP contribution >= 0.6 is 11.8 Å². The van der Waals surface area contributed by atoms with E-state index < -0.39 is 10.0 Å². The third-order valence-corrected chi connectivity index (χ3v) is 8.86. The average Bonchev–Trinajstić information content (AvgIpc) is 3.46. The average molecular weight is 642 g/mol. The van der Waals surface area contributed by atoms with Gasteiger partial charge in [-0.25, -0.2) is 13.4 Å². The molecule has 5 rings (SSSR count). The van der Waals surface area contributed by atoms with Crippen LogP contribution in [0.1, 0.15) is 11.3 Å². The second-order valence-electron chi connectivity index (χ2n) is 9.54. The Bertz CT molecular complexity index is 1990. The summed E-state index contributed by atoms with van der Waals surface area (Å²) in [6, 6.07) is 26.1. The van der Waals surface area contributed by atoms with Gasteiger partial charge in [-0.2, -0.15) is 5.26 Å². The highest BCUT2D eigenvalue weighted by Crippen LogP contribution is 2.42. The van der Waals surface area contributed by atoms with Crippen LogP contribution in [-0.2, 0) is 14.8 Å². The zero-order valence-electron chi connectivity index (χ0n) is 24.4. The van der Waals surface area contributed by atoms with Crippen molar-refractivity contribution in [3.05, 3.63) is 96.3 Å². The van der Waals surface area contributed by atoms with E-state index in [4.69, 9.17) is 19.0 Å². The number of rotatable bonds is 11. The lowest BCUT2D eigenvalue weighted by Gasteiger charge is -2.16. The van der Waals surface area contributed by atoms with Crippen LogP contribution in [0.5, 0.6) is 11.5 Å². The fourth-order valence-electron chi connectivity index (χ4n) is 4.46. The molecule has 5 aromatic rings. The molecule has 1 amide bonds. The number of aryl methyl sites for hydroxylation is 1. The molecule has 0 saturated carbocycles. The van der Waals surface area contributed by atoms with E-state index in [1.165, 1.54) is 44.6 Å². The number of para-hydroxylation sites is 1. The molecule has 228 valence electrons. The molecular formula is C32H27N5O6S2. The molecule has 0 unspecified atom stereocenters. The number of sulfonamides is 1. The predicted molar refractivity (Wildman–Crippen MR) is 171 cm³/mol. The van der Waals surface area contributed by atoms with Gasteiger partial charge < -0.3 is 19.3 Å². The van der Waals surface area contributed by atoms with Gasteiger partial charge in [-0.1, -0.05) is 59.4 Å². The number of ether oxygens (including phenoxy) is 2. The Labute approximate surface area is 264 Å². The molecule has 0 atom stereocenters. The molecule has 0 aliphatic heterocycles. The zero-order chi connectivity index (χ0) is 32.0. The van der Waals surface area contributed by atoms with Crippen LogP contribution in [0, 0.1) is 18.3 Å². The number of hydrogen-bond donors (Lipinski definition) is 2. The number of amides is 1. The Morgan fingerprint density at radius 3 is 2.38 bits per heavy atom. The number of pyridine rings is 1. The first-order valence-corrected chi connectivity index (χ1v) is 15.9. The van der Waals surface area contributed by atoms with Gasteiger partial charge in [0.2, 0.25) is 5.91 Å². The maximum Gasteiger partial charge on any atom is 0.263 e. The third kappa shape index (κ3) is 7.09. The Kier molecular flexibility index (Phi) is 9.36. The van der Waals surface area contributed by atoms with Crippen LogP contribution in [0.15, 0.2) is 99.4 Å². The van der Waals surface area contributed by atoms with Crippen LogP contribution in [0.2, 0.25) is 0 Å². The molecule has 0 saturated heterocycles. The summed E-state index contributed by atoms with van der Waals surface area (Å²) in [5, 5.41) is 17.0. The second kappa shape index (κ2) is 13.5. The van der Waals surface area contributed by atoms with Gasteiger partial charge in [0.1, 0.15) is 16.9 Å². The summed E-state index contributed by atoms with van der Waals surface area (Å²) in [6.07, 6.45) is 0. The van der Waals surface area contributed by atoms with E-state index in [1.807, 2.05) is 48.5 Å². The van der Waals surface area contributed by atoms with Crippen molar-refractivity contribution in [3.63, 3.8) is 0 Å². The molecule has 0 bridgehead atoms. The van der Waals surface area contributed by atoms with Crippen molar-refractivity contribution in [1.82, 2.24) is 10.1 Å². The maximum absolute atomic E-state index is 13.0. The van der Waals surface area contributed by atoms with Crippen LogP contribution in [0.25, 0.3) is 22.4 Å². The first kappa shape index (κ1) is 31.1. The quantitative estimate of drug-likeness (QED) is 0.161. The van der Waals surface area contributed by atoms with Crippen LogP contribution in [-0.4, -0.2) is 44.4 Å². The van der Waals surface area contributed by atoms with Crippen molar-refractivity contribution >= 4 is 39.2 Å². The summed E-state index contributed by atoms with van der Waals surface area (Å²) in [6.45, 7) is 1.65. The van der Waals surface area contributed by atoms with Gasteiger partial charge in [0.25, 0.3) is 10.0 Å². The van der Waals surface area contributed by atoms with Gasteiger partial charge in [-0.05, 0) is 43.3 Å². The summed E-state index contributed by atoms with van der Waals surface area (Å²) in [5.74, 6) is 1.06. The van der Waals surface area contributed by atoms with Crippen molar-refractivity contribution in [1.29, 1.82) is 5.26 Å². The monoisotopic (exact) mass is 641 g/mol. The molecule has 2 aromatic heterocycles. The van der Waals surface area contributed by atoms with Crippen LogP contribution in [0.3, 0.4) is 0 Å². The highest BCUT2D eigenvalue weighted by atomic mass is 32.2. The molecule has 0 spiro atoms. The largest absolute Gasteiger partial charge is 0.493 e. The van der Waals surface area contributed by atoms with Crippen molar-refractivity contribution in [2.24, 2.45) is 0 Å². The smallest absolute Gasteiger partial charge is 0.263 e. The second-order valence-corrected chi connectivity index (χ2v) is 12.2. The standard InChI is InChI=1S/C32H27N5O6S2/c1-20-16-29(36-43-20)37-45(39,40)23-14-12-22(13-15-23)34-30(38)19-44-32-26(18-33)25(17-27(35-32)21-8-5-4-6-9-21)24-10-7-11-28(41-2)31(24)42-3/h4-17H,19H2,1-3H3,(H,34,38)(H,36,37). The molecule has 0 aliphatic rings. The molecule has 0 radical (unpaired) electrons. The van der Waals surface area contributed by atoms with E-state index in [9.17, 15) is 18.5 Å². The fourth-order valence-corrected chi connectivity index (χ4v) is 6.25. The van der Waals surface area contributed by atoms with E-state index in [0.29, 0.717) is 44.8 Å².